The van der Waals surface area contributed by atoms with Crippen LogP contribution in [-0.2, 0) is 0 Å². The van der Waals surface area contributed by atoms with Crippen LogP contribution in [-0.4, -0.2) is 22.6 Å². The Labute approximate surface area is 126 Å². The molecular weight excluding hydrogens is 380 g/mol. The molecule has 2 aromatic rings. The van der Waals surface area contributed by atoms with E-state index in [1.807, 2.05) is 6.92 Å². The molecule has 0 spiro atoms. The molecule has 0 radical (unpaired) electrons. The van der Waals surface area contributed by atoms with E-state index in [1.165, 1.54) is 0 Å². The number of rotatable bonds is 3. The zero-order chi connectivity index (χ0) is 14.0. The third-order valence-corrected chi connectivity index (χ3v) is 3.41. The standard InChI is InChI=1S/C11H10Br2N4O2/c1-2-15-10(18)9-16-11(19-17-9)6-3-5(12)4-7(13)8(6)14/h3-4H,2,14H2,1H3,(H,15,18). The number of nitrogen functional groups attached to an aromatic ring is 1. The Kier molecular flexibility index (Phi) is 4.20. The van der Waals surface area contributed by atoms with Gasteiger partial charge in [0.2, 0.25) is 0 Å². The largest absolute Gasteiger partial charge is 0.397 e. The molecule has 0 saturated carbocycles. The van der Waals surface area contributed by atoms with Crippen LogP contribution >= 0.6 is 31.9 Å². The SMILES string of the molecule is CCNC(=O)c1noc(-c2cc(Br)cc(Br)c2N)n1. The number of nitrogens with one attached hydrogen (secondary N) is 1. The van der Waals surface area contributed by atoms with Crippen molar-refractivity contribution in [2.45, 2.75) is 6.92 Å². The third-order valence-electron chi connectivity index (χ3n) is 2.29. The first-order valence-electron chi connectivity index (χ1n) is 5.39. The number of nitrogens with zero attached hydrogens (tertiary/aromatic N) is 2. The van der Waals surface area contributed by atoms with Crippen LogP contribution in [0, 0.1) is 0 Å². The summed E-state index contributed by atoms with van der Waals surface area (Å²) in [6, 6.07) is 3.55. The summed E-state index contributed by atoms with van der Waals surface area (Å²) >= 11 is 6.68. The van der Waals surface area contributed by atoms with Gasteiger partial charge >= 0.3 is 0 Å². The zero-order valence-corrected chi connectivity index (χ0v) is 13.1. The fourth-order valence-corrected chi connectivity index (χ4v) is 2.65. The third kappa shape index (κ3) is 2.95. The van der Waals surface area contributed by atoms with Gasteiger partial charge in [-0.2, -0.15) is 4.98 Å². The van der Waals surface area contributed by atoms with Crippen molar-refractivity contribution in [1.29, 1.82) is 0 Å². The van der Waals surface area contributed by atoms with Gasteiger partial charge in [-0.15, -0.1) is 0 Å². The number of carbonyl (C=O) groups is 1. The first-order valence-corrected chi connectivity index (χ1v) is 6.98. The predicted molar refractivity (Wildman–Crippen MR) is 77.6 cm³/mol. The highest BCUT2D eigenvalue weighted by molar-refractivity contribution is 9.11. The first-order chi connectivity index (χ1) is 9.02. The smallest absolute Gasteiger partial charge is 0.292 e. The van der Waals surface area contributed by atoms with Crippen molar-refractivity contribution in [2.24, 2.45) is 0 Å². The predicted octanol–water partition coefficient (Wildman–Crippen LogP) is 2.59. The van der Waals surface area contributed by atoms with Crippen molar-refractivity contribution < 1.29 is 9.32 Å². The molecule has 100 valence electrons. The lowest BCUT2D eigenvalue weighted by Crippen LogP contribution is -2.23. The van der Waals surface area contributed by atoms with Gasteiger partial charge < -0.3 is 15.6 Å². The maximum Gasteiger partial charge on any atom is 0.292 e. The van der Waals surface area contributed by atoms with Crippen LogP contribution in [0.5, 0.6) is 0 Å². The van der Waals surface area contributed by atoms with Crippen LogP contribution in [0.3, 0.4) is 0 Å². The Hall–Kier alpha value is -1.41. The fraction of sp³-hybridized carbons (Fsp3) is 0.182. The van der Waals surface area contributed by atoms with Crippen LogP contribution in [0.25, 0.3) is 11.5 Å². The monoisotopic (exact) mass is 388 g/mol. The molecule has 8 heteroatoms. The summed E-state index contributed by atoms with van der Waals surface area (Å²) in [4.78, 5) is 15.6. The van der Waals surface area contributed by atoms with Crippen molar-refractivity contribution in [2.75, 3.05) is 12.3 Å². The number of nitrogens with two attached hydrogens (primary N) is 1. The van der Waals surface area contributed by atoms with Crippen molar-refractivity contribution in [3.63, 3.8) is 0 Å². The van der Waals surface area contributed by atoms with E-state index >= 15 is 0 Å². The van der Waals surface area contributed by atoms with E-state index in [9.17, 15) is 4.79 Å². The number of anilines is 1. The second kappa shape index (κ2) is 5.70. The molecule has 19 heavy (non-hydrogen) atoms. The van der Waals surface area contributed by atoms with E-state index < -0.39 is 0 Å². The minimum absolute atomic E-state index is 0.0210. The van der Waals surface area contributed by atoms with Gasteiger partial charge in [0.15, 0.2) is 0 Å². The molecule has 1 aromatic carbocycles. The first kappa shape index (κ1) is 14.0. The summed E-state index contributed by atoms with van der Waals surface area (Å²) in [6.07, 6.45) is 0. The maximum atomic E-state index is 11.6. The van der Waals surface area contributed by atoms with Gasteiger partial charge in [-0.05, 0) is 35.0 Å². The average molecular weight is 390 g/mol. The van der Waals surface area contributed by atoms with Gasteiger partial charge in [0.25, 0.3) is 17.6 Å². The normalized spacial score (nSPS) is 10.5. The van der Waals surface area contributed by atoms with Crippen molar-refractivity contribution >= 4 is 43.5 Å². The molecule has 0 bridgehead atoms. The topological polar surface area (TPSA) is 94.0 Å². The van der Waals surface area contributed by atoms with Gasteiger partial charge in [-0.3, -0.25) is 4.79 Å². The van der Waals surface area contributed by atoms with Crippen LogP contribution < -0.4 is 11.1 Å². The molecule has 0 aliphatic carbocycles. The number of benzene rings is 1. The Balaban J connectivity index is 2.41. The van der Waals surface area contributed by atoms with E-state index in [-0.39, 0.29) is 17.6 Å². The van der Waals surface area contributed by atoms with Gasteiger partial charge in [-0.25, -0.2) is 0 Å². The van der Waals surface area contributed by atoms with Gasteiger partial charge in [0, 0.05) is 15.5 Å². The summed E-state index contributed by atoms with van der Waals surface area (Å²) in [5.74, 6) is -0.210. The second-order valence-corrected chi connectivity index (χ2v) is 5.40. The Bertz CT molecular complexity index is 627. The minimum atomic E-state index is -0.384. The van der Waals surface area contributed by atoms with Crippen molar-refractivity contribution in [3.8, 4) is 11.5 Å². The quantitative estimate of drug-likeness (QED) is 0.786. The summed E-state index contributed by atoms with van der Waals surface area (Å²) in [5.41, 5.74) is 6.96. The van der Waals surface area contributed by atoms with Crippen molar-refractivity contribution in [1.82, 2.24) is 15.5 Å². The summed E-state index contributed by atoms with van der Waals surface area (Å²) in [6.45, 7) is 2.30. The van der Waals surface area contributed by atoms with E-state index in [1.54, 1.807) is 12.1 Å². The molecule has 6 nitrogen and oxygen atoms in total. The number of amides is 1. The highest BCUT2D eigenvalue weighted by Crippen LogP contribution is 2.34. The van der Waals surface area contributed by atoms with Gasteiger partial charge in [0.05, 0.1) is 11.3 Å². The molecule has 0 aliphatic rings. The molecule has 1 heterocycles. The summed E-state index contributed by atoms with van der Waals surface area (Å²) in [5, 5.41) is 6.22. The lowest BCUT2D eigenvalue weighted by Gasteiger charge is -2.04. The molecule has 0 unspecified atom stereocenters. The zero-order valence-electron chi connectivity index (χ0n) is 9.91. The Morgan fingerprint density at radius 1 is 1.47 bits per heavy atom. The van der Waals surface area contributed by atoms with Crippen molar-refractivity contribution in [3.05, 3.63) is 26.9 Å². The number of hydrogen-bond donors (Lipinski definition) is 2. The van der Waals surface area contributed by atoms with E-state index in [0.717, 1.165) is 4.47 Å². The molecule has 0 atom stereocenters. The molecule has 3 N–H and O–H groups in total. The number of aromatic nitrogens is 2. The van der Waals surface area contributed by atoms with Crippen LogP contribution in [0.2, 0.25) is 0 Å². The number of halogens is 2. The minimum Gasteiger partial charge on any atom is -0.397 e. The average Bonchev–Trinajstić information content (AvgIpc) is 2.83. The number of carbonyl (C=O) groups excluding carboxylic acids is 1. The molecule has 0 saturated heterocycles. The van der Waals surface area contributed by atoms with Gasteiger partial charge in [-0.1, -0.05) is 21.1 Å². The van der Waals surface area contributed by atoms with E-state index in [2.05, 4.69) is 47.3 Å². The Morgan fingerprint density at radius 3 is 2.89 bits per heavy atom. The highest BCUT2D eigenvalue weighted by atomic mass is 79.9. The molecule has 1 aromatic heterocycles. The van der Waals surface area contributed by atoms with E-state index in [4.69, 9.17) is 10.3 Å². The second-order valence-electron chi connectivity index (χ2n) is 3.63. The molecule has 2 rings (SSSR count). The lowest BCUT2D eigenvalue weighted by molar-refractivity contribution is 0.0942. The van der Waals surface area contributed by atoms with Crippen LogP contribution in [0.4, 0.5) is 5.69 Å². The van der Waals surface area contributed by atoms with Crippen LogP contribution in [0.1, 0.15) is 17.5 Å². The number of hydrogen-bond acceptors (Lipinski definition) is 5. The highest BCUT2D eigenvalue weighted by Gasteiger charge is 2.18. The molecule has 1 amide bonds. The summed E-state index contributed by atoms with van der Waals surface area (Å²) in [7, 11) is 0. The summed E-state index contributed by atoms with van der Waals surface area (Å²) < 4.78 is 6.58. The van der Waals surface area contributed by atoms with Gasteiger partial charge in [0.1, 0.15) is 0 Å². The maximum absolute atomic E-state index is 11.6. The van der Waals surface area contributed by atoms with E-state index in [0.29, 0.717) is 22.3 Å². The Morgan fingerprint density at radius 2 is 2.21 bits per heavy atom. The van der Waals surface area contributed by atoms with Crippen LogP contribution in [0.15, 0.2) is 25.6 Å². The fourth-order valence-electron chi connectivity index (χ4n) is 1.43. The molecule has 0 aliphatic heterocycles. The molecular formula is C11H10Br2N4O2. The molecule has 0 fully saturated rings. The lowest BCUT2D eigenvalue weighted by atomic mass is 10.2.